The maximum Gasteiger partial charge on any atom is 0.262 e. The van der Waals surface area contributed by atoms with Crippen molar-refractivity contribution in [2.75, 3.05) is 0 Å². The standard InChI is InChI=1S/C4H10N2O3/c1-2(7)3(5)4(8)6-9/h2-3,7,9H,5H2,1H3,(H,6,8)/t2-,3?/m0/s1. The summed E-state index contributed by atoms with van der Waals surface area (Å²) in [4.78, 5) is 10.3. The van der Waals surface area contributed by atoms with Crippen LogP contribution in [0.2, 0.25) is 0 Å². The van der Waals surface area contributed by atoms with Gasteiger partial charge in [-0.2, -0.15) is 0 Å². The molecule has 5 N–H and O–H groups in total. The molecule has 0 aromatic heterocycles. The maximum absolute atomic E-state index is 10.3. The number of aliphatic hydroxyl groups excluding tert-OH is 1. The first-order valence-corrected chi connectivity index (χ1v) is 2.47. The summed E-state index contributed by atoms with van der Waals surface area (Å²) in [5.41, 5.74) is 6.37. The van der Waals surface area contributed by atoms with Crippen molar-refractivity contribution >= 4 is 5.91 Å². The second kappa shape index (κ2) is 3.39. The topological polar surface area (TPSA) is 95.6 Å². The lowest BCUT2D eigenvalue weighted by Crippen LogP contribution is -2.46. The number of nitrogens with two attached hydrogens (primary N) is 1. The zero-order valence-electron chi connectivity index (χ0n) is 5.03. The van der Waals surface area contributed by atoms with E-state index in [1.54, 1.807) is 0 Å². The van der Waals surface area contributed by atoms with Gasteiger partial charge in [0.1, 0.15) is 6.04 Å². The van der Waals surface area contributed by atoms with Gasteiger partial charge in [0.2, 0.25) is 0 Å². The Bertz CT molecular complexity index is 104. The molecular weight excluding hydrogens is 124 g/mol. The van der Waals surface area contributed by atoms with Crippen LogP contribution in [-0.2, 0) is 4.79 Å². The summed E-state index contributed by atoms with van der Waals surface area (Å²) in [6.45, 7) is 1.36. The van der Waals surface area contributed by atoms with E-state index in [-0.39, 0.29) is 0 Å². The predicted octanol–water partition coefficient (Wildman–Crippen LogP) is -1.80. The van der Waals surface area contributed by atoms with Crippen molar-refractivity contribution in [3.05, 3.63) is 0 Å². The molecule has 0 fully saturated rings. The van der Waals surface area contributed by atoms with Gasteiger partial charge in [0.15, 0.2) is 0 Å². The first-order chi connectivity index (χ1) is 4.09. The fraction of sp³-hybridized carbons (Fsp3) is 0.750. The molecule has 1 amide bonds. The zero-order valence-corrected chi connectivity index (χ0v) is 5.03. The fourth-order valence-electron chi connectivity index (χ4n) is 0.294. The number of amides is 1. The number of rotatable bonds is 2. The van der Waals surface area contributed by atoms with Crippen LogP contribution in [0.4, 0.5) is 0 Å². The lowest BCUT2D eigenvalue weighted by molar-refractivity contribution is -0.132. The van der Waals surface area contributed by atoms with E-state index < -0.39 is 18.1 Å². The van der Waals surface area contributed by atoms with Crippen molar-refractivity contribution in [2.24, 2.45) is 5.73 Å². The van der Waals surface area contributed by atoms with Gasteiger partial charge >= 0.3 is 0 Å². The lowest BCUT2D eigenvalue weighted by atomic mass is 10.2. The second-order valence-corrected chi connectivity index (χ2v) is 1.74. The van der Waals surface area contributed by atoms with Gasteiger partial charge in [0, 0.05) is 0 Å². The summed E-state index contributed by atoms with van der Waals surface area (Å²) >= 11 is 0. The van der Waals surface area contributed by atoms with E-state index in [4.69, 9.17) is 16.0 Å². The average molecular weight is 134 g/mol. The molecule has 1 unspecified atom stereocenters. The quantitative estimate of drug-likeness (QED) is 0.264. The molecule has 0 aliphatic heterocycles. The molecule has 9 heavy (non-hydrogen) atoms. The fourth-order valence-corrected chi connectivity index (χ4v) is 0.294. The SMILES string of the molecule is C[C@H](O)C(N)C(=O)NO. The number of nitrogens with one attached hydrogen (secondary N) is 1. The molecule has 0 aromatic carbocycles. The Labute approximate surface area is 52.4 Å². The van der Waals surface area contributed by atoms with Crippen LogP contribution < -0.4 is 11.2 Å². The van der Waals surface area contributed by atoms with Crippen molar-refractivity contribution in [1.82, 2.24) is 5.48 Å². The molecule has 0 heterocycles. The first-order valence-electron chi connectivity index (χ1n) is 2.47. The molecule has 0 saturated carbocycles. The van der Waals surface area contributed by atoms with E-state index in [9.17, 15) is 4.79 Å². The number of aliphatic hydroxyl groups is 1. The van der Waals surface area contributed by atoms with Crippen LogP contribution in [0.1, 0.15) is 6.92 Å². The van der Waals surface area contributed by atoms with Gasteiger partial charge in [0.25, 0.3) is 5.91 Å². The molecular formula is C4H10N2O3. The van der Waals surface area contributed by atoms with Crippen molar-refractivity contribution in [2.45, 2.75) is 19.1 Å². The Hall–Kier alpha value is -0.650. The van der Waals surface area contributed by atoms with E-state index in [1.807, 2.05) is 0 Å². The summed E-state index contributed by atoms with van der Waals surface area (Å²) in [6.07, 6.45) is -0.947. The predicted molar refractivity (Wildman–Crippen MR) is 29.6 cm³/mol. The number of hydrogen-bond donors (Lipinski definition) is 4. The Balaban J connectivity index is 3.72. The number of carbonyl (C=O) groups is 1. The van der Waals surface area contributed by atoms with Crippen LogP contribution in [0, 0.1) is 0 Å². The molecule has 0 aliphatic rings. The monoisotopic (exact) mass is 134 g/mol. The molecule has 0 aliphatic carbocycles. The summed E-state index contributed by atoms with van der Waals surface area (Å²) in [5.74, 6) is -0.787. The smallest absolute Gasteiger partial charge is 0.262 e. The molecule has 0 spiro atoms. The Morgan fingerprint density at radius 1 is 1.78 bits per heavy atom. The molecule has 5 heteroatoms. The van der Waals surface area contributed by atoms with Crippen LogP contribution in [0.3, 0.4) is 0 Å². The molecule has 2 atom stereocenters. The second-order valence-electron chi connectivity index (χ2n) is 1.74. The third kappa shape index (κ3) is 2.41. The average Bonchev–Trinajstić information content (AvgIpc) is 1.84. The molecule has 0 bridgehead atoms. The van der Waals surface area contributed by atoms with Crippen molar-refractivity contribution < 1.29 is 15.1 Å². The lowest BCUT2D eigenvalue weighted by Gasteiger charge is -2.10. The van der Waals surface area contributed by atoms with E-state index >= 15 is 0 Å². The number of hydrogen-bond acceptors (Lipinski definition) is 4. The third-order valence-electron chi connectivity index (χ3n) is 0.933. The van der Waals surface area contributed by atoms with E-state index in [2.05, 4.69) is 0 Å². The molecule has 0 saturated heterocycles. The summed E-state index contributed by atoms with van der Waals surface area (Å²) in [5, 5.41) is 16.6. The highest BCUT2D eigenvalue weighted by molar-refractivity contribution is 5.80. The maximum atomic E-state index is 10.3. The Morgan fingerprint density at radius 2 is 2.22 bits per heavy atom. The van der Waals surface area contributed by atoms with Crippen LogP contribution in [0.25, 0.3) is 0 Å². The van der Waals surface area contributed by atoms with E-state index in [0.29, 0.717) is 0 Å². The largest absolute Gasteiger partial charge is 0.391 e. The minimum atomic E-state index is -1.06. The summed E-state index contributed by atoms with van der Waals surface area (Å²) < 4.78 is 0. The molecule has 0 radical (unpaired) electrons. The number of hydroxylamine groups is 1. The van der Waals surface area contributed by atoms with Gasteiger partial charge in [-0.05, 0) is 6.92 Å². The minimum absolute atomic E-state index is 0.787. The van der Waals surface area contributed by atoms with E-state index in [1.165, 1.54) is 12.4 Å². The highest BCUT2D eigenvalue weighted by Gasteiger charge is 2.17. The van der Waals surface area contributed by atoms with Gasteiger partial charge in [-0.25, -0.2) is 5.48 Å². The van der Waals surface area contributed by atoms with Crippen molar-refractivity contribution in [3.63, 3.8) is 0 Å². The van der Waals surface area contributed by atoms with E-state index in [0.717, 1.165) is 0 Å². The molecule has 0 rings (SSSR count). The van der Waals surface area contributed by atoms with Crippen LogP contribution >= 0.6 is 0 Å². The van der Waals surface area contributed by atoms with Crippen LogP contribution in [-0.4, -0.2) is 28.4 Å². The van der Waals surface area contributed by atoms with Crippen LogP contribution in [0.15, 0.2) is 0 Å². The molecule has 5 nitrogen and oxygen atoms in total. The Kier molecular flexibility index (Phi) is 3.15. The summed E-state index contributed by atoms with van der Waals surface area (Å²) in [6, 6.07) is -1.06. The van der Waals surface area contributed by atoms with Gasteiger partial charge in [-0.15, -0.1) is 0 Å². The molecule has 0 aromatic rings. The highest BCUT2D eigenvalue weighted by atomic mass is 16.5. The van der Waals surface area contributed by atoms with Crippen molar-refractivity contribution in [3.8, 4) is 0 Å². The van der Waals surface area contributed by atoms with Gasteiger partial charge in [-0.3, -0.25) is 10.0 Å². The van der Waals surface area contributed by atoms with Gasteiger partial charge < -0.3 is 10.8 Å². The van der Waals surface area contributed by atoms with Crippen LogP contribution in [0.5, 0.6) is 0 Å². The molecule has 54 valence electrons. The van der Waals surface area contributed by atoms with Gasteiger partial charge in [-0.1, -0.05) is 0 Å². The zero-order chi connectivity index (χ0) is 7.44. The Morgan fingerprint density at radius 3 is 2.33 bits per heavy atom. The summed E-state index contributed by atoms with van der Waals surface area (Å²) in [7, 11) is 0. The minimum Gasteiger partial charge on any atom is -0.391 e. The number of carbonyl (C=O) groups excluding carboxylic acids is 1. The van der Waals surface area contributed by atoms with Crippen molar-refractivity contribution in [1.29, 1.82) is 0 Å². The first kappa shape index (κ1) is 8.35. The third-order valence-corrected chi connectivity index (χ3v) is 0.933. The highest BCUT2D eigenvalue weighted by Crippen LogP contribution is 1.86. The van der Waals surface area contributed by atoms with Gasteiger partial charge in [0.05, 0.1) is 6.10 Å². The normalized spacial score (nSPS) is 16.4.